The highest BCUT2D eigenvalue weighted by Crippen LogP contribution is 2.41. The molecule has 0 bridgehead atoms. The molecule has 1 unspecified atom stereocenters. The zero-order valence-electron chi connectivity index (χ0n) is 14.0. The zero-order valence-corrected chi connectivity index (χ0v) is 14.0. The van der Waals surface area contributed by atoms with Gasteiger partial charge < -0.3 is 20.7 Å². The number of ether oxygens (including phenoxy) is 1. The molecule has 0 aromatic heterocycles. The Hall–Kier alpha value is -2.24. The second-order valence-corrected chi connectivity index (χ2v) is 6.70. The third-order valence-corrected chi connectivity index (χ3v) is 5.03. The summed E-state index contributed by atoms with van der Waals surface area (Å²) in [5, 5.41) is 3.18. The number of nitrogens with two attached hydrogens (primary N) is 1. The van der Waals surface area contributed by atoms with Crippen LogP contribution in [-0.2, 0) is 4.79 Å². The number of carbonyl (C=O) groups excluding carboxylic acids is 2. The first-order valence-electron chi connectivity index (χ1n) is 8.57. The summed E-state index contributed by atoms with van der Waals surface area (Å²) in [4.78, 5) is 25.6. The average molecular weight is 331 g/mol. The lowest BCUT2D eigenvalue weighted by Gasteiger charge is -2.32. The molecular formula is C18H25N3O3. The van der Waals surface area contributed by atoms with E-state index >= 15 is 0 Å². The predicted octanol–water partition coefficient (Wildman–Crippen LogP) is 2.05. The summed E-state index contributed by atoms with van der Waals surface area (Å²) >= 11 is 0. The highest BCUT2D eigenvalue weighted by molar-refractivity contribution is 5.78. The maximum Gasteiger partial charge on any atom is 0.317 e. The first-order chi connectivity index (χ1) is 11.6. The van der Waals surface area contributed by atoms with Crippen LogP contribution in [0.4, 0.5) is 4.79 Å². The van der Waals surface area contributed by atoms with Gasteiger partial charge in [0.2, 0.25) is 5.91 Å². The molecule has 6 nitrogen and oxygen atoms in total. The highest BCUT2D eigenvalue weighted by Gasteiger charge is 2.35. The van der Waals surface area contributed by atoms with Crippen LogP contribution in [0.3, 0.4) is 0 Å². The maximum atomic E-state index is 12.6. The van der Waals surface area contributed by atoms with E-state index < -0.39 is 0 Å². The second kappa shape index (κ2) is 7.11. The molecule has 1 saturated carbocycles. The Morgan fingerprint density at radius 1 is 1.17 bits per heavy atom. The van der Waals surface area contributed by atoms with Crippen molar-refractivity contribution >= 4 is 11.9 Å². The molecule has 1 aliphatic heterocycles. The topological polar surface area (TPSA) is 84.7 Å². The van der Waals surface area contributed by atoms with Crippen molar-refractivity contribution in [1.29, 1.82) is 0 Å². The molecule has 2 fully saturated rings. The van der Waals surface area contributed by atoms with E-state index in [-0.39, 0.29) is 23.9 Å². The fraction of sp³-hybridized carbons (Fsp3) is 0.556. The molecular weight excluding hydrogens is 306 g/mol. The van der Waals surface area contributed by atoms with Gasteiger partial charge in [-0.1, -0.05) is 12.1 Å². The quantitative estimate of drug-likeness (QED) is 0.866. The van der Waals surface area contributed by atoms with Gasteiger partial charge in [-0.05, 0) is 49.3 Å². The molecule has 1 aliphatic carbocycles. The molecule has 1 heterocycles. The zero-order chi connectivity index (χ0) is 17.1. The van der Waals surface area contributed by atoms with Gasteiger partial charge >= 0.3 is 6.03 Å². The summed E-state index contributed by atoms with van der Waals surface area (Å²) in [5.41, 5.74) is 6.46. The molecule has 3 N–H and O–H groups in total. The standard InChI is InChI=1S/C18H25N3O3/c1-24-15-6-4-13(5-7-15)16(12-2-3-12)20-18(23)21-10-8-14(9-11-21)17(19)22/h4-7,12,14,16H,2-3,8-11H2,1H3,(H2,19,22)(H,20,23). The number of methoxy groups -OCH3 is 1. The third kappa shape index (κ3) is 3.80. The van der Waals surface area contributed by atoms with E-state index in [1.54, 1.807) is 12.0 Å². The van der Waals surface area contributed by atoms with Crippen LogP contribution >= 0.6 is 0 Å². The number of nitrogens with zero attached hydrogens (tertiary/aromatic N) is 1. The van der Waals surface area contributed by atoms with Crippen molar-refractivity contribution in [1.82, 2.24) is 10.2 Å². The fourth-order valence-corrected chi connectivity index (χ4v) is 3.31. The summed E-state index contributed by atoms with van der Waals surface area (Å²) < 4.78 is 5.20. The summed E-state index contributed by atoms with van der Waals surface area (Å²) in [5.74, 6) is 0.956. The Morgan fingerprint density at radius 3 is 2.29 bits per heavy atom. The molecule has 2 aliphatic rings. The largest absolute Gasteiger partial charge is 0.497 e. The number of rotatable bonds is 5. The third-order valence-electron chi connectivity index (χ3n) is 5.03. The average Bonchev–Trinajstić information content (AvgIpc) is 3.44. The van der Waals surface area contributed by atoms with Crippen LogP contribution in [-0.4, -0.2) is 37.0 Å². The molecule has 3 rings (SSSR count). The Kier molecular flexibility index (Phi) is 4.92. The molecule has 24 heavy (non-hydrogen) atoms. The van der Waals surface area contributed by atoms with Crippen molar-refractivity contribution in [3.05, 3.63) is 29.8 Å². The first-order valence-corrected chi connectivity index (χ1v) is 8.57. The van der Waals surface area contributed by atoms with Gasteiger partial charge in [-0.15, -0.1) is 0 Å². The van der Waals surface area contributed by atoms with Gasteiger partial charge in [0, 0.05) is 19.0 Å². The molecule has 1 aromatic carbocycles. The SMILES string of the molecule is COc1ccc(C(NC(=O)N2CCC(C(N)=O)CC2)C2CC2)cc1. The van der Waals surface area contributed by atoms with E-state index in [0.717, 1.165) is 24.2 Å². The second-order valence-electron chi connectivity index (χ2n) is 6.70. The fourth-order valence-electron chi connectivity index (χ4n) is 3.31. The van der Waals surface area contributed by atoms with Crippen LogP contribution in [0, 0.1) is 11.8 Å². The Balaban J connectivity index is 1.61. The summed E-state index contributed by atoms with van der Waals surface area (Å²) in [6, 6.07) is 7.87. The van der Waals surface area contributed by atoms with Crippen molar-refractivity contribution in [2.45, 2.75) is 31.7 Å². The Labute approximate surface area is 142 Å². The van der Waals surface area contributed by atoms with E-state index in [9.17, 15) is 9.59 Å². The number of primary amides is 1. The van der Waals surface area contributed by atoms with E-state index in [4.69, 9.17) is 10.5 Å². The normalized spacial score (nSPS) is 19.6. The predicted molar refractivity (Wildman–Crippen MR) is 90.5 cm³/mol. The van der Waals surface area contributed by atoms with E-state index in [1.165, 1.54) is 0 Å². The van der Waals surface area contributed by atoms with Gasteiger partial charge in [0.1, 0.15) is 5.75 Å². The minimum absolute atomic E-state index is 0.0391. The van der Waals surface area contributed by atoms with Crippen LogP contribution in [0.25, 0.3) is 0 Å². The molecule has 1 atom stereocenters. The number of urea groups is 1. The number of carbonyl (C=O) groups is 2. The number of amides is 3. The van der Waals surface area contributed by atoms with Gasteiger partial charge in [0.05, 0.1) is 13.2 Å². The van der Waals surface area contributed by atoms with E-state index in [1.807, 2.05) is 24.3 Å². The van der Waals surface area contributed by atoms with Crippen LogP contribution in [0.2, 0.25) is 0 Å². The van der Waals surface area contributed by atoms with Crippen LogP contribution in [0.5, 0.6) is 5.75 Å². The van der Waals surface area contributed by atoms with Gasteiger partial charge in [0.15, 0.2) is 0 Å². The lowest BCUT2D eigenvalue weighted by atomic mass is 9.96. The molecule has 0 spiro atoms. The maximum absolute atomic E-state index is 12.6. The monoisotopic (exact) mass is 331 g/mol. The Bertz CT molecular complexity index is 590. The molecule has 3 amide bonds. The minimum atomic E-state index is -0.260. The van der Waals surface area contributed by atoms with Crippen molar-refractivity contribution in [2.24, 2.45) is 17.6 Å². The van der Waals surface area contributed by atoms with Crippen molar-refractivity contribution < 1.29 is 14.3 Å². The van der Waals surface area contributed by atoms with Gasteiger partial charge in [0.25, 0.3) is 0 Å². The number of benzene rings is 1. The molecule has 1 aromatic rings. The summed E-state index contributed by atoms with van der Waals surface area (Å²) in [7, 11) is 1.64. The van der Waals surface area contributed by atoms with Crippen molar-refractivity contribution in [3.8, 4) is 5.75 Å². The first kappa shape index (κ1) is 16.6. The van der Waals surface area contributed by atoms with Crippen LogP contribution in [0.1, 0.15) is 37.3 Å². The highest BCUT2D eigenvalue weighted by atomic mass is 16.5. The van der Waals surface area contributed by atoms with Crippen molar-refractivity contribution in [2.75, 3.05) is 20.2 Å². The number of piperidine rings is 1. The lowest BCUT2D eigenvalue weighted by molar-refractivity contribution is -0.123. The molecule has 6 heteroatoms. The summed E-state index contributed by atoms with van der Waals surface area (Å²) in [6.07, 6.45) is 3.58. The number of likely N-dealkylation sites (tertiary alicyclic amines) is 1. The molecule has 1 saturated heterocycles. The lowest BCUT2D eigenvalue weighted by Crippen LogP contribution is -2.47. The van der Waals surface area contributed by atoms with E-state index in [0.29, 0.717) is 31.8 Å². The van der Waals surface area contributed by atoms with E-state index in [2.05, 4.69) is 5.32 Å². The number of hydrogen-bond donors (Lipinski definition) is 2. The smallest absolute Gasteiger partial charge is 0.317 e. The molecule has 0 radical (unpaired) electrons. The van der Waals surface area contributed by atoms with Gasteiger partial charge in [-0.2, -0.15) is 0 Å². The van der Waals surface area contributed by atoms with Crippen LogP contribution < -0.4 is 15.8 Å². The minimum Gasteiger partial charge on any atom is -0.497 e. The van der Waals surface area contributed by atoms with Crippen LogP contribution in [0.15, 0.2) is 24.3 Å². The van der Waals surface area contributed by atoms with Gasteiger partial charge in [-0.3, -0.25) is 4.79 Å². The molecule has 130 valence electrons. The summed E-state index contributed by atoms with van der Waals surface area (Å²) in [6.45, 7) is 1.17. The Morgan fingerprint density at radius 2 is 1.79 bits per heavy atom. The van der Waals surface area contributed by atoms with Crippen molar-refractivity contribution in [3.63, 3.8) is 0 Å². The van der Waals surface area contributed by atoms with Gasteiger partial charge in [-0.25, -0.2) is 4.79 Å². The number of hydrogen-bond acceptors (Lipinski definition) is 3. The number of nitrogens with one attached hydrogen (secondary N) is 1.